The van der Waals surface area contributed by atoms with Crippen molar-refractivity contribution in [1.82, 2.24) is 10.6 Å². The van der Waals surface area contributed by atoms with Gasteiger partial charge in [-0.2, -0.15) is 0 Å². The second-order valence-electron chi connectivity index (χ2n) is 6.27. The van der Waals surface area contributed by atoms with Gasteiger partial charge in [-0.25, -0.2) is 9.59 Å². The van der Waals surface area contributed by atoms with Gasteiger partial charge in [0.05, 0.1) is 16.2 Å². The Bertz CT molecular complexity index is 710. The average Bonchev–Trinajstić information content (AvgIpc) is 2.44. The summed E-state index contributed by atoms with van der Waals surface area (Å²) in [4.78, 5) is 45.5. The summed E-state index contributed by atoms with van der Waals surface area (Å²) in [5, 5.41) is 15.2. The fourth-order valence-corrected chi connectivity index (χ4v) is 1.71. The number of nitrogen functional groups attached to an aromatic ring is 1. The number of esters is 1. The zero-order valence-corrected chi connectivity index (χ0v) is 14.3. The minimum Gasteiger partial charge on any atom is -0.449 e. The van der Waals surface area contributed by atoms with Crippen LogP contribution in [0.3, 0.4) is 0 Å². The normalized spacial score (nSPS) is 12.0. The topological polar surface area (TPSA) is 154 Å². The zero-order chi connectivity index (χ0) is 19.4. The standard InChI is InChI=1S/C15H20N4O6/c1-8(12(20)17-14(22)18-15(2,3)4)25-13(21)10-6-5-9(19(23)24)7-11(10)16/h5-8H,16H2,1-4H3,(H2,17,18,20,22)/t8-/m1/s1. The SMILES string of the molecule is C[C@@H](OC(=O)c1ccc([N+](=O)[O-])cc1N)C(=O)NC(=O)NC(C)(C)C. The maximum absolute atomic E-state index is 12.0. The molecule has 1 aromatic carbocycles. The largest absolute Gasteiger partial charge is 0.449 e. The number of hydrogen-bond donors (Lipinski definition) is 3. The Morgan fingerprint density at radius 1 is 1.28 bits per heavy atom. The molecule has 0 aliphatic rings. The van der Waals surface area contributed by atoms with Gasteiger partial charge >= 0.3 is 12.0 Å². The number of carbonyl (C=O) groups excluding carboxylic acids is 3. The zero-order valence-electron chi connectivity index (χ0n) is 14.3. The summed E-state index contributed by atoms with van der Waals surface area (Å²) in [5.74, 6) is -1.76. The van der Waals surface area contributed by atoms with Crippen LogP contribution in [0.5, 0.6) is 0 Å². The summed E-state index contributed by atoms with van der Waals surface area (Å²) in [6, 6.07) is 2.51. The van der Waals surface area contributed by atoms with Gasteiger partial charge in [-0.05, 0) is 33.8 Å². The third-order valence-corrected chi connectivity index (χ3v) is 2.84. The summed E-state index contributed by atoms with van der Waals surface area (Å²) in [7, 11) is 0. The molecule has 0 heterocycles. The number of amides is 3. The Labute approximate surface area is 143 Å². The highest BCUT2D eigenvalue weighted by Gasteiger charge is 2.24. The summed E-state index contributed by atoms with van der Waals surface area (Å²) in [6.45, 7) is 6.48. The predicted molar refractivity (Wildman–Crippen MR) is 88.8 cm³/mol. The summed E-state index contributed by atoms with van der Waals surface area (Å²) < 4.78 is 4.93. The molecule has 0 aliphatic carbocycles. The summed E-state index contributed by atoms with van der Waals surface area (Å²) in [5.41, 5.74) is 4.49. The fraction of sp³-hybridized carbons (Fsp3) is 0.400. The van der Waals surface area contributed by atoms with Crippen LogP contribution in [-0.2, 0) is 9.53 Å². The number of nitrogens with zero attached hydrogens (tertiary/aromatic N) is 1. The number of benzene rings is 1. The Balaban J connectivity index is 2.72. The van der Waals surface area contributed by atoms with Crippen molar-refractivity contribution in [3.63, 3.8) is 0 Å². The molecule has 1 atom stereocenters. The van der Waals surface area contributed by atoms with Crippen LogP contribution in [0.1, 0.15) is 38.1 Å². The van der Waals surface area contributed by atoms with E-state index >= 15 is 0 Å². The van der Waals surface area contributed by atoms with E-state index in [4.69, 9.17) is 10.5 Å². The number of urea groups is 1. The van der Waals surface area contributed by atoms with Crippen molar-refractivity contribution in [1.29, 1.82) is 0 Å². The molecule has 4 N–H and O–H groups in total. The Hall–Kier alpha value is -3.17. The molecule has 136 valence electrons. The Morgan fingerprint density at radius 3 is 2.36 bits per heavy atom. The van der Waals surface area contributed by atoms with Crippen LogP contribution in [-0.4, -0.2) is 34.5 Å². The van der Waals surface area contributed by atoms with E-state index < -0.39 is 34.5 Å². The van der Waals surface area contributed by atoms with Gasteiger partial charge in [-0.3, -0.25) is 20.2 Å². The van der Waals surface area contributed by atoms with Gasteiger partial charge < -0.3 is 15.8 Å². The van der Waals surface area contributed by atoms with Crippen LogP contribution < -0.4 is 16.4 Å². The molecule has 10 nitrogen and oxygen atoms in total. The number of nitrogens with one attached hydrogen (secondary N) is 2. The van der Waals surface area contributed by atoms with E-state index in [1.54, 1.807) is 20.8 Å². The van der Waals surface area contributed by atoms with Crippen LogP contribution in [0, 0.1) is 10.1 Å². The maximum atomic E-state index is 12.0. The number of imide groups is 1. The fourth-order valence-electron chi connectivity index (χ4n) is 1.71. The van der Waals surface area contributed by atoms with E-state index in [9.17, 15) is 24.5 Å². The first-order chi connectivity index (χ1) is 11.4. The van der Waals surface area contributed by atoms with Crippen LogP contribution in [0.4, 0.5) is 16.2 Å². The molecule has 0 aliphatic heterocycles. The van der Waals surface area contributed by atoms with E-state index in [2.05, 4.69) is 5.32 Å². The number of nitrogens with two attached hydrogens (primary N) is 1. The molecule has 0 radical (unpaired) electrons. The van der Waals surface area contributed by atoms with E-state index in [-0.39, 0.29) is 16.9 Å². The molecule has 0 saturated carbocycles. The van der Waals surface area contributed by atoms with Crippen LogP contribution in [0.2, 0.25) is 0 Å². The molecule has 1 rings (SSSR count). The third kappa shape index (κ3) is 6.09. The van der Waals surface area contributed by atoms with E-state index in [0.29, 0.717) is 0 Å². The molecule has 0 fully saturated rings. The van der Waals surface area contributed by atoms with E-state index in [1.165, 1.54) is 6.92 Å². The Kier molecular flexibility index (Phi) is 6.04. The Morgan fingerprint density at radius 2 is 1.88 bits per heavy atom. The number of carbonyl (C=O) groups is 3. The van der Waals surface area contributed by atoms with Crippen molar-refractivity contribution in [3.05, 3.63) is 33.9 Å². The number of ether oxygens (including phenoxy) is 1. The number of non-ortho nitro benzene ring substituents is 1. The first-order valence-electron chi connectivity index (χ1n) is 7.28. The van der Waals surface area contributed by atoms with Gasteiger partial charge in [0.15, 0.2) is 6.10 Å². The van der Waals surface area contributed by atoms with E-state index in [0.717, 1.165) is 18.2 Å². The van der Waals surface area contributed by atoms with Crippen molar-refractivity contribution in [2.24, 2.45) is 0 Å². The highest BCUT2D eigenvalue weighted by molar-refractivity contribution is 6.00. The first-order valence-corrected chi connectivity index (χ1v) is 7.28. The predicted octanol–water partition coefficient (Wildman–Crippen LogP) is 1.35. The van der Waals surface area contributed by atoms with Crippen LogP contribution in [0.15, 0.2) is 18.2 Å². The minimum atomic E-state index is -1.27. The summed E-state index contributed by atoms with van der Waals surface area (Å²) in [6.07, 6.45) is -1.27. The quantitative estimate of drug-likeness (QED) is 0.320. The van der Waals surface area contributed by atoms with Gasteiger partial charge in [-0.1, -0.05) is 0 Å². The van der Waals surface area contributed by atoms with Crippen molar-refractivity contribution < 1.29 is 24.0 Å². The molecule has 0 unspecified atom stereocenters. The van der Waals surface area contributed by atoms with Crippen LogP contribution >= 0.6 is 0 Å². The van der Waals surface area contributed by atoms with Crippen molar-refractivity contribution in [2.75, 3.05) is 5.73 Å². The molecule has 1 aromatic rings. The van der Waals surface area contributed by atoms with Crippen molar-refractivity contribution in [3.8, 4) is 0 Å². The molecule has 0 aromatic heterocycles. The lowest BCUT2D eigenvalue weighted by Crippen LogP contribution is -2.50. The molecule has 0 spiro atoms. The van der Waals surface area contributed by atoms with Gasteiger partial charge in [0, 0.05) is 17.7 Å². The molecule has 25 heavy (non-hydrogen) atoms. The van der Waals surface area contributed by atoms with Crippen molar-refractivity contribution >= 4 is 29.3 Å². The number of anilines is 1. The molecular formula is C15H20N4O6. The minimum absolute atomic E-state index is 0.121. The second-order valence-corrected chi connectivity index (χ2v) is 6.27. The third-order valence-electron chi connectivity index (χ3n) is 2.84. The monoisotopic (exact) mass is 352 g/mol. The van der Waals surface area contributed by atoms with Crippen LogP contribution in [0.25, 0.3) is 0 Å². The summed E-state index contributed by atoms with van der Waals surface area (Å²) >= 11 is 0. The average molecular weight is 352 g/mol. The molecule has 10 heteroatoms. The molecular weight excluding hydrogens is 332 g/mol. The number of nitro benzene ring substituents is 1. The number of rotatable bonds is 4. The van der Waals surface area contributed by atoms with Gasteiger partial charge in [0.1, 0.15) is 0 Å². The molecule has 3 amide bonds. The van der Waals surface area contributed by atoms with Gasteiger partial charge in [0.2, 0.25) is 0 Å². The van der Waals surface area contributed by atoms with Crippen molar-refractivity contribution in [2.45, 2.75) is 39.3 Å². The molecule has 0 saturated heterocycles. The lowest BCUT2D eigenvalue weighted by Gasteiger charge is -2.21. The lowest BCUT2D eigenvalue weighted by atomic mass is 10.1. The number of nitro groups is 1. The lowest BCUT2D eigenvalue weighted by molar-refractivity contribution is -0.384. The second kappa shape index (κ2) is 7.60. The number of hydrogen-bond acceptors (Lipinski definition) is 7. The highest BCUT2D eigenvalue weighted by atomic mass is 16.6. The van der Waals surface area contributed by atoms with E-state index in [1.807, 2.05) is 5.32 Å². The first kappa shape index (κ1) is 19.9. The maximum Gasteiger partial charge on any atom is 0.341 e. The highest BCUT2D eigenvalue weighted by Crippen LogP contribution is 2.20. The van der Waals surface area contributed by atoms with Gasteiger partial charge in [0.25, 0.3) is 11.6 Å². The molecule has 0 bridgehead atoms. The van der Waals surface area contributed by atoms with Gasteiger partial charge in [-0.15, -0.1) is 0 Å². The smallest absolute Gasteiger partial charge is 0.341 e.